The first kappa shape index (κ1) is 19.7. The Balaban J connectivity index is 1.48. The zero-order valence-corrected chi connectivity index (χ0v) is 17.4. The van der Waals surface area contributed by atoms with Gasteiger partial charge in [-0.2, -0.15) is 5.10 Å². The van der Waals surface area contributed by atoms with E-state index in [1.807, 2.05) is 12.3 Å². The van der Waals surface area contributed by atoms with Crippen LogP contribution in [0.25, 0.3) is 5.69 Å². The number of nitrogens with zero attached hydrogens (tertiary/aromatic N) is 4. The van der Waals surface area contributed by atoms with Crippen LogP contribution in [0.1, 0.15) is 46.7 Å². The molecule has 0 radical (unpaired) electrons. The Bertz CT molecular complexity index is 1000. The molecule has 1 fully saturated rings. The fourth-order valence-electron chi connectivity index (χ4n) is 3.75. The molecule has 0 atom stereocenters. The number of anilines is 1. The lowest BCUT2D eigenvalue weighted by Crippen LogP contribution is -2.29. The summed E-state index contributed by atoms with van der Waals surface area (Å²) in [4.78, 5) is 19.9. The summed E-state index contributed by atoms with van der Waals surface area (Å²) >= 11 is 1.44. The molecule has 0 unspecified atom stereocenters. The van der Waals surface area contributed by atoms with Gasteiger partial charge < -0.3 is 0 Å². The lowest BCUT2D eigenvalue weighted by Gasteiger charge is -2.25. The van der Waals surface area contributed by atoms with E-state index in [2.05, 4.69) is 20.3 Å². The molecule has 1 saturated heterocycles. The predicted octanol–water partition coefficient (Wildman–Crippen LogP) is 4.32. The van der Waals surface area contributed by atoms with Crippen molar-refractivity contribution in [2.45, 2.75) is 39.7 Å². The normalized spacial score (nSPS) is 14.9. The Morgan fingerprint density at radius 2 is 1.90 bits per heavy atom. The number of hydrogen-bond donors (Lipinski definition) is 1. The van der Waals surface area contributed by atoms with Gasteiger partial charge in [-0.05, 0) is 64.0 Å². The highest BCUT2D eigenvalue weighted by atomic mass is 32.1. The first-order valence-electron chi connectivity index (χ1n) is 9.81. The Kier molecular flexibility index (Phi) is 5.73. The summed E-state index contributed by atoms with van der Waals surface area (Å²) in [5.74, 6) is -0.537. The van der Waals surface area contributed by atoms with Crippen LogP contribution in [0.4, 0.5) is 9.52 Å². The van der Waals surface area contributed by atoms with Crippen LogP contribution in [0, 0.1) is 19.7 Å². The van der Waals surface area contributed by atoms with Gasteiger partial charge in [0.05, 0.1) is 28.3 Å². The van der Waals surface area contributed by atoms with Crippen molar-refractivity contribution in [3.05, 3.63) is 58.1 Å². The number of aryl methyl sites for hydroxylation is 1. The number of carbonyl (C=O) groups is 1. The van der Waals surface area contributed by atoms with Crippen molar-refractivity contribution < 1.29 is 9.18 Å². The van der Waals surface area contributed by atoms with Crippen molar-refractivity contribution >= 4 is 22.4 Å². The second kappa shape index (κ2) is 8.42. The molecule has 1 amide bonds. The molecule has 29 heavy (non-hydrogen) atoms. The van der Waals surface area contributed by atoms with Crippen LogP contribution < -0.4 is 5.32 Å². The van der Waals surface area contributed by atoms with E-state index in [-0.39, 0.29) is 11.7 Å². The van der Waals surface area contributed by atoms with Gasteiger partial charge in [-0.1, -0.05) is 6.42 Å². The van der Waals surface area contributed by atoms with Crippen LogP contribution >= 0.6 is 11.3 Å². The average molecular weight is 414 g/mol. The van der Waals surface area contributed by atoms with Crippen LogP contribution in [0.3, 0.4) is 0 Å². The number of halogens is 1. The van der Waals surface area contributed by atoms with Crippen molar-refractivity contribution in [3.8, 4) is 5.69 Å². The maximum absolute atomic E-state index is 13.2. The molecule has 6 nitrogen and oxygen atoms in total. The van der Waals surface area contributed by atoms with Gasteiger partial charge in [0, 0.05) is 11.9 Å². The van der Waals surface area contributed by atoms with Crippen molar-refractivity contribution in [1.82, 2.24) is 19.7 Å². The number of rotatable bonds is 5. The van der Waals surface area contributed by atoms with Crippen molar-refractivity contribution in [2.75, 3.05) is 18.4 Å². The third-order valence-electron chi connectivity index (χ3n) is 5.20. The summed E-state index contributed by atoms with van der Waals surface area (Å²) in [5, 5.41) is 9.97. The fourth-order valence-corrected chi connectivity index (χ4v) is 4.44. The standard InChI is InChI=1S/C21H24FN5OS/c1-14-19(15(2)27(25-14)18-8-6-16(22)7-9-18)20(28)24-21-23-17(13-29-21)12-26-10-4-3-5-11-26/h6-9,13H,3-5,10-12H2,1-2H3,(H,23,24,28). The van der Waals surface area contributed by atoms with E-state index in [0.29, 0.717) is 27.8 Å². The van der Waals surface area contributed by atoms with Crippen LogP contribution in [-0.4, -0.2) is 38.7 Å². The predicted molar refractivity (Wildman–Crippen MR) is 112 cm³/mol. The third kappa shape index (κ3) is 4.38. The molecule has 3 aromatic rings. The number of amides is 1. The summed E-state index contributed by atoms with van der Waals surface area (Å²) in [7, 11) is 0. The van der Waals surface area contributed by atoms with Gasteiger partial charge in [-0.3, -0.25) is 15.0 Å². The van der Waals surface area contributed by atoms with E-state index in [1.54, 1.807) is 23.7 Å². The lowest BCUT2D eigenvalue weighted by molar-refractivity contribution is 0.102. The lowest BCUT2D eigenvalue weighted by atomic mass is 10.1. The molecular formula is C21H24FN5OS. The minimum Gasteiger partial charge on any atom is -0.298 e. The van der Waals surface area contributed by atoms with Gasteiger partial charge in [-0.15, -0.1) is 11.3 Å². The molecule has 152 valence electrons. The Morgan fingerprint density at radius 1 is 1.17 bits per heavy atom. The van der Waals surface area contributed by atoms with E-state index >= 15 is 0 Å². The number of piperidine rings is 1. The minimum absolute atomic E-state index is 0.229. The molecule has 0 spiro atoms. The smallest absolute Gasteiger partial charge is 0.261 e. The topological polar surface area (TPSA) is 63.1 Å². The summed E-state index contributed by atoms with van der Waals surface area (Å²) in [6.45, 7) is 6.68. The van der Waals surface area contributed by atoms with Crippen LogP contribution in [0.2, 0.25) is 0 Å². The molecule has 3 heterocycles. The quantitative estimate of drug-likeness (QED) is 0.677. The SMILES string of the molecule is Cc1nn(-c2ccc(F)cc2)c(C)c1C(=O)Nc1nc(CN2CCCCC2)cs1. The van der Waals surface area contributed by atoms with Crippen molar-refractivity contribution in [2.24, 2.45) is 0 Å². The summed E-state index contributed by atoms with van der Waals surface area (Å²) in [5.41, 5.74) is 3.54. The second-order valence-electron chi connectivity index (χ2n) is 7.37. The molecule has 0 saturated carbocycles. The largest absolute Gasteiger partial charge is 0.298 e. The molecule has 1 aliphatic rings. The van der Waals surface area contributed by atoms with Crippen LogP contribution in [0.15, 0.2) is 29.6 Å². The zero-order chi connectivity index (χ0) is 20.4. The fraction of sp³-hybridized carbons (Fsp3) is 0.381. The zero-order valence-electron chi connectivity index (χ0n) is 16.6. The van der Waals surface area contributed by atoms with E-state index < -0.39 is 0 Å². The number of nitrogens with one attached hydrogen (secondary N) is 1. The maximum atomic E-state index is 13.2. The number of hydrogen-bond acceptors (Lipinski definition) is 5. The number of thiazole rings is 1. The highest BCUT2D eigenvalue weighted by Gasteiger charge is 2.21. The van der Waals surface area contributed by atoms with Gasteiger partial charge in [0.15, 0.2) is 5.13 Å². The Morgan fingerprint density at radius 3 is 2.62 bits per heavy atom. The number of carbonyl (C=O) groups excluding carboxylic acids is 1. The summed E-state index contributed by atoms with van der Waals surface area (Å²) < 4.78 is 14.9. The second-order valence-corrected chi connectivity index (χ2v) is 8.23. The summed E-state index contributed by atoms with van der Waals surface area (Å²) in [6, 6.07) is 6.05. The van der Waals surface area contributed by atoms with Gasteiger partial charge >= 0.3 is 0 Å². The average Bonchev–Trinajstić information content (AvgIpc) is 3.26. The minimum atomic E-state index is -0.308. The van der Waals surface area contributed by atoms with E-state index in [1.165, 1.54) is 42.7 Å². The van der Waals surface area contributed by atoms with Gasteiger partial charge in [-0.25, -0.2) is 14.1 Å². The molecule has 1 N–H and O–H groups in total. The third-order valence-corrected chi connectivity index (χ3v) is 6.00. The Labute approximate surface area is 173 Å². The molecule has 4 rings (SSSR count). The first-order valence-corrected chi connectivity index (χ1v) is 10.7. The van der Waals surface area contributed by atoms with E-state index in [4.69, 9.17) is 0 Å². The van der Waals surface area contributed by atoms with Crippen LogP contribution in [-0.2, 0) is 6.54 Å². The molecule has 1 aromatic carbocycles. The maximum Gasteiger partial charge on any atom is 0.261 e. The first-order chi connectivity index (χ1) is 14.0. The van der Waals surface area contributed by atoms with Crippen LogP contribution in [0.5, 0.6) is 0 Å². The number of aromatic nitrogens is 3. The molecule has 2 aromatic heterocycles. The van der Waals surface area contributed by atoms with Crippen molar-refractivity contribution in [3.63, 3.8) is 0 Å². The molecular weight excluding hydrogens is 389 g/mol. The highest BCUT2D eigenvalue weighted by molar-refractivity contribution is 7.14. The highest BCUT2D eigenvalue weighted by Crippen LogP contribution is 2.22. The monoisotopic (exact) mass is 413 g/mol. The number of benzene rings is 1. The molecule has 0 bridgehead atoms. The summed E-state index contributed by atoms with van der Waals surface area (Å²) in [6.07, 6.45) is 3.79. The van der Waals surface area contributed by atoms with Gasteiger partial charge in [0.25, 0.3) is 5.91 Å². The number of likely N-dealkylation sites (tertiary alicyclic amines) is 1. The Hall–Kier alpha value is -2.58. The van der Waals surface area contributed by atoms with Crippen molar-refractivity contribution in [1.29, 1.82) is 0 Å². The molecule has 0 aliphatic carbocycles. The molecule has 8 heteroatoms. The van der Waals surface area contributed by atoms with Gasteiger partial charge in [0.2, 0.25) is 0 Å². The van der Waals surface area contributed by atoms with Gasteiger partial charge in [0.1, 0.15) is 5.82 Å². The van der Waals surface area contributed by atoms with E-state index in [9.17, 15) is 9.18 Å². The van der Waals surface area contributed by atoms with E-state index in [0.717, 1.165) is 25.3 Å². The molecule has 1 aliphatic heterocycles.